The lowest BCUT2D eigenvalue weighted by Crippen LogP contribution is -2.04. The normalized spacial score (nSPS) is 11.0. The van der Waals surface area contributed by atoms with E-state index in [4.69, 9.17) is 4.74 Å². The van der Waals surface area contributed by atoms with Crippen LogP contribution in [-0.2, 0) is 11.2 Å². The van der Waals surface area contributed by atoms with E-state index < -0.39 is 0 Å². The number of benzene rings is 1. The summed E-state index contributed by atoms with van der Waals surface area (Å²) in [6, 6.07) is 7.75. The predicted molar refractivity (Wildman–Crippen MR) is 97.9 cm³/mol. The molecule has 0 aliphatic rings. The molecule has 0 heterocycles. The van der Waals surface area contributed by atoms with Crippen molar-refractivity contribution in [2.75, 3.05) is 6.61 Å². The van der Waals surface area contributed by atoms with Gasteiger partial charge in [-0.2, -0.15) is 0 Å². The van der Waals surface area contributed by atoms with E-state index in [0.29, 0.717) is 12.2 Å². The number of hydrogen-bond donors (Lipinski definition) is 0. The summed E-state index contributed by atoms with van der Waals surface area (Å²) >= 11 is 0. The predicted octanol–water partition coefficient (Wildman–Crippen LogP) is 6.10. The lowest BCUT2D eigenvalue weighted by atomic mass is 10.1. The van der Waals surface area contributed by atoms with Crippen LogP contribution in [0.3, 0.4) is 0 Å². The molecule has 128 valence electrons. The van der Waals surface area contributed by atoms with Crippen molar-refractivity contribution < 1.29 is 9.53 Å². The SMILES string of the molecule is CCCCCCCC/C=C/CCc1ccc(C(=O)OCC)cc1. The Kier molecular flexibility index (Phi) is 10.9. The van der Waals surface area contributed by atoms with Crippen LogP contribution in [0.25, 0.3) is 0 Å². The van der Waals surface area contributed by atoms with Gasteiger partial charge in [-0.1, -0.05) is 63.3 Å². The minimum absolute atomic E-state index is 0.238. The Labute approximate surface area is 141 Å². The fourth-order valence-corrected chi connectivity index (χ4v) is 2.55. The Bertz CT molecular complexity index is 445. The third-order valence-corrected chi connectivity index (χ3v) is 3.96. The van der Waals surface area contributed by atoms with Gasteiger partial charge >= 0.3 is 5.97 Å². The molecule has 0 bridgehead atoms. The van der Waals surface area contributed by atoms with Crippen LogP contribution in [-0.4, -0.2) is 12.6 Å². The molecule has 0 aliphatic carbocycles. The molecule has 0 unspecified atom stereocenters. The maximum absolute atomic E-state index is 11.6. The van der Waals surface area contributed by atoms with Crippen LogP contribution < -0.4 is 0 Å². The van der Waals surface area contributed by atoms with Crippen molar-refractivity contribution in [3.05, 3.63) is 47.5 Å². The number of hydrogen-bond acceptors (Lipinski definition) is 2. The van der Waals surface area contributed by atoms with Crippen molar-refractivity contribution >= 4 is 5.97 Å². The first-order valence-corrected chi connectivity index (χ1v) is 9.19. The highest BCUT2D eigenvalue weighted by Crippen LogP contribution is 2.10. The summed E-state index contributed by atoms with van der Waals surface area (Å²) in [7, 11) is 0. The van der Waals surface area contributed by atoms with Gasteiger partial charge < -0.3 is 4.74 Å². The molecule has 0 atom stereocenters. The van der Waals surface area contributed by atoms with Gasteiger partial charge in [0.25, 0.3) is 0 Å². The van der Waals surface area contributed by atoms with Gasteiger partial charge in [-0.15, -0.1) is 0 Å². The summed E-state index contributed by atoms with van der Waals surface area (Å²) < 4.78 is 4.98. The largest absolute Gasteiger partial charge is 0.462 e. The first-order valence-electron chi connectivity index (χ1n) is 9.19. The molecule has 0 radical (unpaired) electrons. The van der Waals surface area contributed by atoms with Crippen LogP contribution in [0, 0.1) is 0 Å². The summed E-state index contributed by atoms with van der Waals surface area (Å²) in [5.74, 6) is -0.238. The molecule has 23 heavy (non-hydrogen) atoms. The Hall–Kier alpha value is -1.57. The van der Waals surface area contributed by atoms with Crippen molar-refractivity contribution in [2.45, 2.75) is 71.6 Å². The van der Waals surface area contributed by atoms with E-state index in [2.05, 4.69) is 19.1 Å². The number of esters is 1. The molecule has 0 aliphatic heterocycles. The first kappa shape index (κ1) is 19.5. The van der Waals surface area contributed by atoms with E-state index >= 15 is 0 Å². The summed E-state index contributed by atoms with van der Waals surface area (Å²) in [6.07, 6.45) is 16.0. The maximum atomic E-state index is 11.6. The lowest BCUT2D eigenvalue weighted by molar-refractivity contribution is 0.0526. The number of carbonyl (C=O) groups excluding carboxylic acids is 1. The van der Waals surface area contributed by atoms with Gasteiger partial charge in [-0.05, 0) is 50.3 Å². The van der Waals surface area contributed by atoms with E-state index in [1.165, 1.54) is 50.5 Å². The van der Waals surface area contributed by atoms with Gasteiger partial charge in [0.1, 0.15) is 0 Å². The quantitative estimate of drug-likeness (QED) is 0.264. The minimum atomic E-state index is -0.238. The Balaban J connectivity index is 2.13. The van der Waals surface area contributed by atoms with Crippen molar-refractivity contribution in [3.8, 4) is 0 Å². The highest BCUT2D eigenvalue weighted by atomic mass is 16.5. The molecular formula is C21H32O2. The monoisotopic (exact) mass is 316 g/mol. The fourth-order valence-electron chi connectivity index (χ4n) is 2.55. The summed E-state index contributed by atoms with van der Waals surface area (Å²) in [4.78, 5) is 11.6. The van der Waals surface area contributed by atoms with E-state index in [1.807, 2.05) is 31.2 Å². The second-order valence-electron chi connectivity index (χ2n) is 5.98. The molecule has 0 spiro atoms. The summed E-state index contributed by atoms with van der Waals surface area (Å²) in [5, 5.41) is 0. The molecule has 1 aromatic rings. The van der Waals surface area contributed by atoms with E-state index in [0.717, 1.165) is 12.8 Å². The fraction of sp³-hybridized carbons (Fsp3) is 0.571. The van der Waals surface area contributed by atoms with Gasteiger partial charge in [0, 0.05) is 0 Å². The third kappa shape index (κ3) is 9.22. The van der Waals surface area contributed by atoms with Crippen LogP contribution in [0.1, 0.15) is 81.1 Å². The molecule has 2 nitrogen and oxygen atoms in total. The first-order chi connectivity index (χ1) is 11.3. The molecule has 1 rings (SSSR count). The number of carbonyl (C=O) groups is 1. The van der Waals surface area contributed by atoms with Gasteiger partial charge in [-0.25, -0.2) is 4.79 Å². The van der Waals surface area contributed by atoms with Gasteiger partial charge in [0.15, 0.2) is 0 Å². The average Bonchev–Trinajstić information content (AvgIpc) is 2.57. The molecule has 0 amide bonds. The van der Waals surface area contributed by atoms with Gasteiger partial charge in [0.2, 0.25) is 0 Å². The molecule has 0 saturated heterocycles. The summed E-state index contributed by atoms with van der Waals surface area (Å²) in [5.41, 5.74) is 1.90. The van der Waals surface area contributed by atoms with Crippen molar-refractivity contribution in [1.29, 1.82) is 0 Å². The lowest BCUT2D eigenvalue weighted by Gasteiger charge is -2.03. The molecule has 0 saturated carbocycles. The zero-order chi connectivity index (χ0) is 16.8. The van der Waals surface area contributed by atoms with E-state index in [1.54, 1.807) is 0 Å². The minimum Gasteiger partial charge on any atom is -0.462 e. The Morgan fingerprint density at radius 3 is 2.26 bits per heavy atom. The highest BCUT2D eigenvalue weighted by molar-refractivity contribution is 5.89. The second kappa shape index (κ2) is 12.9. The number of rotatable bonds is 12. The Morgan fingerprint density at radius 1 is 0.913 bits per heavy atom. The second-order valence-corrected chi connectivity index (χ2v) is 5.98. The van der Waals surface area contributed by atoms with Crippen molar-refractivity contribution in [2.24, 2.45) is 0 Å². The van der Waals surface area contributed by atoms with E-state index in [-0.39, 0.29) is 5.97 Å². The zero-order valence-electron chi connectivity index (χ0n) is 14.9. The van der Waals surface area contributed by atoms with Crippen LogP contribution in [0.4, 0.5) is 0 Å². The molecule has 2 heteroatoms. The molecule has 0 N–H and O–H groups in total. The van der Waals surface area contributed by atoms with Gasteiger partial charge in [-0.3, -0.25) is 0 Å². The Morgan fingerprint density at radius 2 is 1.57 bits per heavy atom. The average molecular weight is 316 g/mol. The molecule has 0 fully saturated rings. The number of ether oxygens (including phenoxy) is 1. The van der Waals surface area contributed by atoms with Crippen LogP contribution in [0.5, 0.6) is 0 Å². The smallest absolute Gasteiger partial charge is 0.338 e. The van der Waals surface area contributed by atoms with Crippen LogP contribution in [0.15, 0.2) is 36.4 Å². The van der Waals surface area contributed by atoms with Crippen molar-refractivity contribution in [3.63, 3.8) is 0 Å². The standard InChI is InChI=1S/C21H32O2/c1-3-5-6-7-8-9-10-11-12-13-14-19-15-17-20(18-16-19)21(22)23-4-2/h11-12,15-18H,3-10,13-14H2,1-2H3/b12-11+. The number of unbranched alkanes of at least 4 members (excludes halogenated alkanes) is 6. The number of aryl methyl sites for hydroxylation is 1. The topological polar surface area (TPSA) is 26.3 Å². The van der Waals surface area contributed by atoms with Crippen LogP contribution in [0.2, 0.25) is 0 Å². The third-order valence-electron chi connectivity index (χ3n) is 3.96. The molecule has 1 aromatic carbocycles. The van der Waals surface area contributed by atoms with E-state index in [9.17, 15) is 4.79 Å². The van der Waals surface area contributed by atoms with Crippen LogP contribution >= 0.6 is 0 Å². The molecule has 0 aromatic heterocycles. The highest BCUT2D eigenvalue weighted by Gasteiger charge is 2.04. The zero-order valence-corrected chi connectivity index (χ0v) is 14.9. The summed E-state index contributed by atoms with van der Waals surface area (Å²) in [6.45, 7) is 4.50. The van der Waals surface area contributed by atoms with Crippen molar-refractivity contribution in [1.82, 2.24) is 0 Å². The number of allylic oxidation sites excluding steroid dienone is 2. The molecular weight excluding hydrogens is 284 g/mol. The maximum Gasteiger partial charge on any atom is 0.338 e. The van der Waals surface area contributed by atoms with Gasteiger partial charge in [0.05, 0.1) is 12.2 Å².